The van der Waals surface area contributed by atoms with E-state index in [4.69, 9.17) is 4.74 Å². The Balaban J connectivity index is 2.63. The summed E-state index contributed by atoms with van der Waals surface area (Å²) in [5, 5.41) is 12.0. The fourth-order valence-electron chi connectivity index (χ4n) is 2.26. The molecule has 0 aromatic carbocycles. The molecule has 2 N–H and O–H groups in total. The van der Waals surface area contributed by atoms with Crippen LogP contribution in [0.1, 0.15) is 20.3 Å². The average molecular weight is 298 g/mol. The summed E-state index contributed by atoms with van der Waals surface area (Å²) in [6, 6.07) is -0.505. The number of nitrogens with one attached hydrogen (secondary N) is 1. The lowest BCUT2D eigenvalue weighted by Gasteiger charge is -2.38. The van der Waals surface area contributed by atoms with Gasteiger partial charge in [-0.2, -0.15) is 13.2 Å². The maximum Gasteiger partial charge on any atom is 0.409 e. The molecule has 1 fully saturated rings. The lowest BCUT2D eigenvalue weighted by atomic mass is 9.90. The van der Waals surface area contributed by atoms with Gasteiger partial charge in [-0.25, -0.2) is 4.79 Å². The molecule has 1 rings (SSSR count). The van der Waals surface area contributed by atoms with Crippen molar-refractivity contribution in [2.75, 3.05) is 26.2 Å². The molecule has 3 atom stereocenters. The molecule has 3 unspecified atom stereocenters. The maximum absolute atomic E-state index is 12.2. The molecule has 0 saturated carbocycles. The molecule has 1 saturated heterocycles. The van der Waals surface area contributed by atoms with Crippen molar-refractivity contribution < 1.29 is 27.8 Å². The average Bonchev–Trinajstić information content (AvgIpc) is 2.35. The molecule has 20 heavy (non-hydrogen) atoms. The van der Waals surface area contributed by atoms with E-state index in [-0.39, 0.29) is 19.1 Å². The zero-order valence-corrected chi connectivity index (χ0v) is 11.6. The van der Waals surface area contributed by atoms with E-state index in [0.29, 0.717) is 13.0 Å². The molecule has 0 aromatic heterocycles. The third kappa shape index (κ3) is 5.54. The smallest absolute Gasteiger partial charge is 0.409 e. The van der Waals surface area contributed by atoms with Gasteiger partial charge in [-0.15, -0.1) is 0 Å². The minimum atomic E-state index is -4.30. The van der Waals surface area contributed by atoms with Crippen LogP contribution in [-0.4, -0.2) is 60.7 Å². The van der Waals surface area contributed by atoms with E-state index >= 15 is 0 Å². The van der Waals surface area contributed by atoms with Crippen molar-refractivity contribution >= 4 is 6.09 Å². The van der Waals surface area contributed by atoms with Gasteiger partial charge in [-0.3, -0.25) is 0 Å². The van der Waals surface area contributed by atoms with Crippen LogP contribution in [0.2, 0.25) is 0 Å². The maximum atomic E-state index is 12.2. The topological polar surface area (TPSA) is 61.8 Å². The summed E-state index contributed by atoms with van der Waals surface area (Å²) < 4.78 is 41.5. The van der Waals surface area contributed by atoms with E-state index < -0.39 is 31.0 Å². The first-order valence-electron chi connectivity index (χ1n) is 6.62. The van der Waals surface area contributed by atoms with Crippen LogP contribution in [0.5, 0.6) is 0 Å². The van der Waals surface area contributed by atoms with E-state index in [0.717, 1.165) is 0 Å². The molecule has 0 radical (unpaired) electrons. The van der Waals surface area contributed by atoms with Gasteiger partial charge < -0.3 is 20.1 Å². The van der Waals surface area contributed by atoms with Gasteiger partial charge in [0.25, 0.3) is 0 Å². The second-order valence-corrected chi connectivity index (χ2v) is 5.03. The summed E-state index contributed by atoms with van der Waals surface area (Å²) >= 11 is 0. The minimum absolute atomic E-state index is 0.151. The van der Waals surface area contributed by atoms with Gasteiger partial charge in [0.05, 0.1) is 19.3 Å². The summed E-state index contributed by atoms with van der Waals surface area (Å²) in [6.07, 6.45) is -5.16. The number of halogens is 3. The van der Waals surface area contributed by atoms with Crippen molar-refractivity contribution in [3.8, 4) is 0 Å². The van der Waals surface area contributed by atoms with Gasteiger partial charge in [-0.05, 0) is 20.3 Å². The Morgan fingerprint density at radius 2 is 2.15 bits per heavy atom. The van der Waals surface area contributed by atoms with Crippen molar-refractivity contribution in [2.24, 2.45) is 5.92 Å². The highest BCUT2D eigenvalue weighted by Crippen LogP contribution is 2.22. The molecule has 1 aliphatic heterocycles. The van der Waals surface area contributed by atoms with E-state index in [9.17, 15) is 23.1 Å². The van der Waals surface area contributed by atoms with Crippen LogP contribution in [0, 0.1) is 5.92 Å². The first kappa shape index (κ1) is 17.0. The highest BCUT2D eigenvalue weighted by Gasteiger charge is 2.35. The number of likely N-dealkylation sites (tertiary alicyclic amines) is 1. The van der Waals surface area contributed by atoms with Gasteiger partial charge in [0, 0.05) is 25.0 Å². The highest BCUT2D eigenvalue weighted by atomic mass is 19.4. The third-order valence-corrected chi connectivity index (χ3v) is 3.28. The predicted molar refractivity (Wildman–Crippen MR) is 66.2 cm³/mol. The number of piperidine rings is 1. The Hall–Kier alpha value is -1.02. The lowest BCUT2D eigenvalue weighted by molar-refractivity contribution is -0.127. The minimum Gasteiger partial charge on any atom is -0.450 e. The summed E-state index contributed by atoms with van der Waals surface area (Å²) in [6.45, 7) is 2.77. The zero-order valence-electron chi connectivity index (χ0n) is 11.6. The lowest BCUT2D eigenvalue weighted by Crippen LogP contribution is -2.54. The number of nitrogens with zero attached hydrogens (tertiary/aromatic N) is 1. The van der Waals surface area contributed by atoms with Crippen molar-refractivity contribution in [1.82, 2.24) is 10.2 Å². The molecule has 1 heterocycles. The standard InChI is InChI=1S/C12H21F3N2O3/c1-3-20-11(19)17-5-9(8(2)18)4-10(6-17)16-7-12(13,14)15/h8-10,16,18H,3-7H2,1-2H3. The monoisotopic (exact) mass is 298 g/mol. The number of alkyl halides is 3. The van der Waals surface area contributed by atoms with Crippen molar-refractivity contribution in [2.45, 2.75) is 38.6 Å². The first-order valence-corrected chi connectivity index (χ1v) is 6.62. The molecule has 5 nitrogen and oxygen atoms in total. The Morgan fingerprint density at radius 1 is 1.50 bits per heavy atom. The fraction of sp³-hybridized carbons (Fsp3) is 0.917. The van der Waals surface area contributed by atoms with Gasteiger partial charge in [0.15, 0.2) is 0 Å². The Labute approximate surface area is 116 Å². The first-order chi connectivity index (χ1) is 9.23. The third-order valence-electron chi connectivity index (χ3n) is 3.28. The van der Waals surface area contributed by atoms with Crippen LogP contribution in [-0.2, 0) is 4.74 Å². The van der Waals surface area contributed by atoms with Crippen LogP contribution >= 0.6 is 0 Å². The summed E-state index contributed by atoms with van der Waals surface area (Å²) in [5.41, 5.74) is 0. The largest absolute Gasteiger partial charge is 0.450 e. The van der Waals surface area contributed by atoms with Crippen LogP contribution < -0.4 is 5.32 Å². The number of carbonyl (C=O) groups excluding carboxylic acids is 1. The van der Waals surface area contributed by atoms with Gasteiger partial charge in [0.1, 0.15) is 0 Å². The number of amides is 1. The Kier molecular flexibility index (Phi) is 6.07. The van der Waals surface area contributed by atoms with Crippen LogP contribution in [0.3, 0.4) is 0 Å². The number of ether oxygens (including phenoxy) is 1. The number of hydrogen-bond acceptors (Lipinski definition) is 4. The molecule has 1 amide bonds. The van der Waals surface area contributed by atoms with Crippen LogP contribution in [0.15, 0.2) is 0 Å². The number of hydrogen-bond donors (Lipinski definition) is 2. The van der Waals surface area contributed by atoms with Crippen molar-refractivity contribution in [3.63, 3.8) is 0 Å². The zero-order chi connectivity index (χ0) is 15.3. The summed E-state index contributed by atoms with van der Waals surface area (Å²) in [7, 11) is 0. The van der Waals surface area contributed by atoms with Gasteiger partial charge >= 0.3 is 12.3 Å². The van der Waals surface area contributed by atoms with Crippen molar-refractivity contribution in [1.29, 1.82) is 0 Å². The molecule has 1 aliphatic rings. The van der Waals surface area contributed by atoms with Crippen LogP contribution in [0.4, 0.5) is 18.0 Å². The predicted octanol–water partition coefficient (Wildman–Crippen LogP) is 1.37. The van der Waals surface area contributed by atoms with Crippen LogP contribution in [0.25, 0.3) is 0 Å². The SMILES string of the molecule is CCOC(=O)N1CC(NCC(F)(F)F)CC(C(C)O)C1. The van der Waals surface area contributed by atoms with E-state index in [1.54, 1.807) is 13.8 Å². The Bertz CT molecular complexity index is 324. The molecule has 0 bridgehead atoms. The molecular weight excluding hydrogens is 277 g/mol. The number of aliphatic hydroxyl groups excluding tert-OH is 1. The summed E-state index contributed by atoms with van der Waals surface area (Å²) in [4.78, 5) is 13.0. The second-order valence-electron chi connectivity index (χ2n) is 5.03. The molecule has 0 spiro atoms. The fourth-order valence-corrected chi connectivity index (χ4v) is 2.26. The molecular formula is C12H21F3N2O3. The normalized spacial score (nSPS) is 25.4. The molecule has 0 aromatic rings. The van der Waals surface area contributed by atoms with E-state index in [2.05, 4.69) is 5.32 Å². The summed E-state index contributed by atoms with van der Waals surface area (Å²) in [5.74, 6) is -0.265. The van der Waals surface area contributed by atoms with Crippen molar-refractivity contribution in [3.05, 3.63) is 0 Å². The van der Waals surface area contributed by atoms with E-state index in [1.807, 2.05) is 0 Å². The highest BCUT2D eigenvalue weighted by molar-refractivity contribution is 5.67. The molecule has 118 valence electrons. The number of rotatable bonds is 4. The molecule has 8 heteroatoms. The van der Waals surface area contributed by atoms with Gasteiger partial charge in [-0.1, -0.05) is 0 Å². The van der Waals surface area contributed by atoms with E-state index in [1.165, 1.54) is 4.90 Å². The van der Waals surface area contributed by atoms with Gasteiger partial charge in [0.2, 0.25) is 0 Å². The Morgan fingerprint density at radius 3 is 2.65 bits per heavy atom. The quantitative estimate of drug-likeness (QED) is 0.823. The number of carbonyl (C=O) groups is 1. The number of aliphatic hydroxyl groups is 1. The second kappa shape index (κ2) is 7.12. The molecule has 0 aliphatic carbocycles.